The first-order chi connectivity index (χ1) is 33.4. The van der Waals surface area contributed by atoms with Gasteiger partial charge in [0.05, 0.1) is 19.8 Å². The van der Waals surface area contributed by atoms with Crippen molar-refractivity contribution in [1.82, 2.24) is 0 Å². The number of unbranched alkanes of at least 4 members (excludes halogenated alkanes) is 25. The minimum Gasteiger partial charge on any atom is -0.457 e. The molecule has 0 aliphatic carbocycles. The van der Waals surface area contributed by atoms with Crippen LogP contribution in [-0.4, -0.2) is 89.6 Å². The molecule has 1 saturated heterocycles. The lowest BCUT2D eigenvalue weighted by Crippen LogP contribution is -2.59. The molecule has 1 fully saturated rings. The molecule has 0 radical (unpaired) electrons. The van der Waals surface area contributed by atoms with E-state index in [1.807, 2.05) is 0 Å². The molecule has 1 heterocycles. The molecular weight excluding hydrogens is 853 g/mol. The SMILES string of the molecule is CC/C=C\C/C=C\C/C=C\C/C=C\C/C=C\C/C=C\CCCCCOCC(COC1OC(CO)C(O)C(O)C1O)OC(=O)CCCCCCCCCCCCCCCCCCCCCCCCC. The maximum atomic E-state index is 12.9. The first-order valence-corrected chi connectivity index (χ1v) is 28.0. The molecule has 0 bridgehead atoms. The summed E-state index contributed by atoms with van der Waals surface area (Å²) in [5.41, 5.74) is 0. The van der Waals surface area contributed by atoms with Crippen molar-refractivity contribution >= 4 is 5.97 Å². The highest BCUT2D eigenvalue weighted by Crippen LogP contribution is 2.23. The summed E-state index contributed by atoms with van der Waals surface area (Å²) in [6.45, 7) is 4.39. The lowest BCUT2D eigenvalue weighted by atomic mass is 9.99. The summed E-state index contributed by atoms with van der Waals surface area (Å²) in [6.07, 6.45) is 59.5. The molecule has 1 aliphatic rings. The quantitative estimate of drug-likeness (QED) is 0.0267. The summed E-state index contributed by atoms with van der Waals surface area (Å²) in [7, 11) is 0. The van der Waals surface area contributed by atoms with Crippen molar-refractivity contribution in [3.05, 3.63) is 72.9 Å². The second kappa shape index (κ2) is 49.6. The van der Waals surface area contributed by atoms with Gasteiger partial charge in [-0.2, -0.15) is 0 Å². The molecular formula is C59H104O9. The van der Waals surface area contributed by atoms with Gasteiger partial charge in [-0.1, -0.05) is 234 Å². The number of allylic oxidation sites excluding steroid dienone is 12. The van der Waals surface area contributed by atoms with Crippen molar-refractivity contribution in [3.8, 4) is 0 Å². The number of aliphatic hydroxyl groups is 4. The van der Waals surface area contributed by atoms with Gasteiger partial charge >= 0.3 is 5.97 Å². The maximum absolute atomic E-state index is 12.9. The highest BCUT2D eigenvalue weighted by Gasteiger charge is 2.44. The zero-order chi connectivity index (χ0) is 49.2. The van der Waals surface area contributed by atoms with Crippen molar-refractivity contribution in [2.75, 3.05) is 26.4 Å². The van der Waals surface area contributed by atoms with Gasteiger partial charge in [0, 0.05) is 13.0 Å². The summed E-state index contributed by atoms with van der Waals surface area (Å²) in [4.78, 5) is 12.9. The van der Waals surface area contributed by atoms with E-state index < -0.39 is 43.4 Å². The van der Waals surface area contributed by atoms with E-state index in [4.69, 9.17) is 18.9 Å². The third-order valence-corrected chi connectivity index (χ3v) is 12.6. The number of aliphatic hydroxyl groups excluding tert-OH is 4. The van der Waals surface area contributed by atoms with Gasteiger partial charge in [-0.05, 0) is 64.2 Å². The third-order valence-electron chi connectivity index (χ3n) is 12.6. The first kappa shape index (κ1) is 63.6. The monoisotopic (exact) mass is 957 g/mol. The van der Waals surface area contributed by atoms with Crippen LogP contribution in [-0.2, 0) is 23.7 Å². The Bertz CT molecular complexity index is 1270. The molecule has 1 rings (SSSR count). The van der Waals surface area contributed by atoms with E-state index in [-0.39, 0.29) is 19.2 Å². The number of ether oxygens (including phenoxy) is 4. The van der Waals surface area contributed by atoms with Crippen LogP contribution in [0, 0.1) is 0 Å². The van der Waals surface area contributed by atoms with Gasteiger partial charge in [-0.25, -0.2) is 0 Å². The molecule has 394 valence electrons. The number of carbonyl (C=O) groups is 1. The first-order valence-electron chi connectivity index (χ1n) is 28.0. The van der Waals surface area contributed by atoms with Crippen molar-refractivity contribution in [1.29, 1.82) is 0 Å². The molecule has 6 unspecified atom stereocenters. The van der Waals surface area contributed by atoms with E-state index in [0.717, 1.165) is 83.5 Å². The Morgan fingerprint density at radius 1 is 0.485 bits per heavy atom. The normalized spacial score (nSPS) is 19.6. The standard InChI is InChI=1S/C59H104O9/c1-3-5-7-9-11-13-15-17-19-21-23-25-27-28-30-32-34-36-38-40-42-44-46-48-55(61)67-53(52-66-59-58(64)57(63)56(62)54(50-60)68-59)51-65-49-47-45-43-41-39-37-35-33-31-29-26-24-22-20-18-16-14-12-10-8-6-4-2/h6,8,12,14,18,20,24,26,31,33,37,39,53-54,56-60,62-64H,3-5,7,9-11,13,15-17,19,21-23,25,27-30,32,34-36,38,40-52H2,1-2H3/b8-6-,14-12-,20-18-,26-24-,33-31-,39-37-. The van der Waals surface area contributed by atoms with Gasteiger partial charge in [0.1, 0.15) is 30.5 Å². The molecule has 0 aromatic heterocycles. The molecule has 4 N–H and O–H groups in total. The van der Waals surface area contributed by atoms with Crippen LogP contribution in [0.4, 0.5) is 0 Å². The number of carbonyl (C=O) groups excluding carboxylic acids is 1. The van der Waals surface area contributed by atoms with Crippen LogP contribution in [0.25, 0.3) is 0 Å². The van der Waals surface area contributed by atoms with Crippen molar-refractivity contribution in [2.24, 2.45) is 0 Å². The highest BCUT2D eigenvalue weighted by atomic mass is 16.7. The topological polar surface area (TPSA) is 135 Å². The number of rotatable bonds is 48. The van der Waals surface area contributed by atoms with E-state index in [1.54, 1.807) is 0 Å². The summed E-state index contributed by atoms with van der Waals surface area (Å²) in [5.74, 6) is -0.323. The zero-order valence-corrected chi connectivity index (χ0v) is 43.6. The van der Waals surface area contributed by atoms with Crippen LogP contribution >= 0.6 is 0 Å². The number of hydrogen-bond donors (Lipinski definition) is 4. The Kier molecular flexibility index (Phi) is 46.4. The zero-order valence-electron chi connectivity index (χ0n) is 43.6. The van der Waals surface area contributed by atoms with Gasteiger partial charge in [-0.3, -0.25) is 4.79 Å². The predicted octanol–water partition coefficient (Wildman–Crippen LogP) is 14.4. The Hall–Kier alpha value is -2.37. The smallest absolute Gasteiger partial charge is 0.306 e. The molecule has 6 atom stereocenters. The summed E-state index contributed by atoms with van der Waals surface area (Å²) in [6, 6.07) is 0. The van der Waals surface area contributed by atoms with E-state index in [9.17, 15) is 25.2 Å². The van der Waals surface area contributed by atoms with Gasteiger partial charge in [0.2, 0.25) is 0 Å². The largest absolute Gasteiger partial charge is 0.457 e. The van der Waals surface area contributed by atoms with Crippen LogP contribution in [0.2, 0.25) is 0 Å². The third kappa shape index (κ3) is 39.4. The van der Waals surface area contributed by atoms with Gasteiger partial charge in [0.25, 0.3) is 0 Å². The average molecular weight is 957 g/mol. The van der Waals surface area contributed by atoms with Gasteiger partial charge in [-0.15, -0.1) is 0 Å². The lowest BCUT2D eigenvalue weighted by molar-refractivity contribution is -0.305. The van der Waals surface area contributed by atoms with Crippen molar-refractivity contribution < 1.29 is 44.2 Å². The fourth-order valence-electron chi connectivity index (χ4n) is 8.32. The van der Waals surface area contributed by atoms with Crippen molar-refractivity contribution in [2.45, 2.75) is 269 Å². The Morgan fingerprint density at radius 2 is 0.897 bits per heavy atom. The average Bonchev–Trinajstić information content (AvgIpc) is 3.34. The van der Waals surface area contributed by atoms with Crippen LogP contribution < -0.4 is 0 Å². The molecule has 1 aliphatic heterocycles. The van der Waals surface area contributed by atoms with Crippen LogP contribution in [0.3, 0.4) is 0 Å². The Balaban J connectivity index is 2.20. The Morgan fingerprint density at radius 3 is 1.34 bits per heavy atom. The van der Waals surface area contributed by atoms with Crippen LogP contribution in [0.15, 0.2) is 72.9 Å². The molecule has 0 amide bonds. The second-order valence-electron chi connectivity index (χ2n) is 19.0. The highest BCUT2D eigenvalue weighted by molar-refractivity contribution is 5.69. The number of esters is 1. The summed E-state index contributed by atoms with van der Waals surface area (Å²) in [5, 5.41) is 40.3. The number of hydrogen-bond acceptors (Lipinski definition) is 9. The molecule has 0 saturated carbocycles. The lowest BCUT2D eigenvalue weighted by Gasteiger charge is -2.39. The summed E-state index contributed by atoms with van der Waals surface area (Å²) >= 11 is 0. The minimum atomic E-state index is -1.55. The van der Waals surface area contributed by atoms with E-state index in [1.165, 1.54) is 128 Å². The Labute approximate surface area is 417 Å². The molecule has 9 heteroatoms. The molecule has 9 nitrogen and oxygen atoms in total. The van der Waals surface area contributed by atoms with Crippen molar-refractivity contribution in [3.63, 3.8) is 0 Å². The van der Waals surface area contributed by atoms with Gasteiger partial charge in [0.15, 0.2) is 6.29 Å². The van der Waals surface area contributed by atoms with E-state index in [2.05, 4.69) is 86.8 Å². The van der Waals surface area contributed by atoms with Crippen LogP contribution in [0.1, 0.15) is 232 Å². The maximum Gasteiger partial charge on any atom is 0.306 e. The van der Waals surface area contributed by atoms with E-state index >= 15 is 0 Å². The van der Waals surface area contributed by atoms with E-state index in [0.29, 0.717) is 13.0 Å². The predicted molar refractivity (Wildman–Crippen MR) is 284 cm³/mol. The summed E-state index contributed by atoms with van der Waals surface area (Å²) < 4.78 is 22.9. The second-order valence-corrected chi connectivity index (χ2v) is 19.0. The fraction of sp³-hybridized carbons (Fsp3) is 0.780. The van der Waals surface area contributed by atoms with Crippen LogP contribution in [0.5, 0.6) is 0 Å². The fourth-order valence-corrected chi connectivity index (χ4v) is 8.32. The minimum absolute atomic E-state index is 0.121. The molecule has 0 aromatic rings. The molecule has 0 aromatic carbocycles. The molecule has 68 heavy (non-hydrogen) atoms. The molecule has 0 spiro atoms. The van der Waals surface area contributed by atoms with Gasteiger partial charge < -0.3 is 39.4 Å².